The van der Waals surface area contributed by atoms with Gasteiger partial charge in [-0.3, -0.25) is 0 Å². The van der Waals surface area contributed by atoms with E-state index in [1.165, 1.54) is 106 Å². The lowest BCUT2D eigenvalue weighted by Gasteiger charge is -2.33. The van der Waals surface area contributed by atoms with E-state index in [4.69, 9.17) is 36.4 Å². The van der Waals surface area contributed by atoms with Crippen LogP contribution in [-0.4, -0.2) is 78.2 Å². The van der Waals surface area contributed by atoms with Gasteiger partial charge in [0.25, 0.3) is 0 Å². The number of ether oxygens (including phenoxy) is 4. The highest BCUT2D eigenvalue weighted by Crippen LogP contribution is 2.69. The van der Waals surface area contributed by atoms with E-state index in [1.807, 2.05) is 12.1 Å². The molecule has 4 unspecified atom stereocenters. The van der Waals surface area contributed by atoms with Crippen LogP contribution in [-0.2, 0) is 5.41 Å². The van der Waals surface area contributed by atoms with Crippen molar-refractivity contribution in [3.8, 4) is 77.3 Å². The Hall–Kier alpha value is -9.46. The number of carboxylic acid groups (broad SMARTS) is 2. The van der Waals surface area contributed by atoms with Crippen molar-refractivity contribution in [2.75, 3.05) is 36.2 Å². The highest BCUT2D eigenvalue weighted by molar-refractivity contribution is 7.18. The third-order valence-corrected chi connectivity index (χ3v) is 23.8. The predicted octanol–water partition coefficient (Wildman–Crippen LogP) is 17.4. The maximum Gasteiger partial charge on any atom is 0.335 e. The topological polar surface area (TPSA) is 170 Å². The summed E-state index contributed by atoms with van der Waals surface area (Å²) >= 11 is 5.38. The molecule has 0 bridgehead atoms. The first-order chi connectivity index (χ1) is 44.8. The number of hydrogen-bond acceptors (Lipinski definition) is 16. The molecule has 7 aliphatic rings. The van der Waals surface area contributed by atoms with Gasteiger partial charge in [0.1, 0.15) is 48.5 Å². The van der Waals surface area contributed by atoms with Crippen LogP contribution >= 0.6 is 46.1 Å². The monoisotopic (exact) mass is 1270 g/mol. The molecule has 18 heteroatoms. The standard InChI is InChI=1S/C73H52N6O8S4/c80-71(81)39-19-27-53-51(33-39)52-34-40(72(82)83)20-28-54(52)73(53,69-65-63(84-29-31-86-65)67(88-69)49-25-23-43(59-61(49)76-90-74-59)37-17-21-47-45-13-7-15-55(45)78(57(47)35-37)41-9-3-1-4-10-41)70-66-64(85-30-32-87-66)68(89-70)50-26-24-44(60-62(50)77-91-75-60)38-18-22-48-46-14-8-16-56(46)79(58(48)36-38)42-11-5-2-6-12-42/h1-6,9-12,17-28,33-36,45-46,55-56H,7-8,13-16,29-32H2,(H,80,81)(H,82,83). The van der Waals surface area contributed by atoms with E-state index in [1.54, 1.807) is 24.3 Å². The van der Waals surface area contributed by atoms with Crippen LogP contribution in [0.25, 0.3) is 76.3 Å². The normalized spacial score (nSPS) is 19.3. The van der Waals surface area contributed by atoms with Crippen molar-refractivity contribution in [1.29, 1.82) is 0 Å². The summed E-state index contributed by atoms with van der Waals surface area (Å²) in [5, 5.41) is 21.3. The van der Waals surface area contributed by atoms with Gasteiger partial charge in [0, 0.05) is 68.9 Å². The summed E-state index contributed by atoms with van der Waals surface area (Å²) < 4.78 is 47.9. The zero-order valence-corrected chi connectivity index (χ0v) is 51.8. The molecule has 446 valence electrons. The zero-order valence-electron chi connectivity index (χ0n) is 48.6. The first kappa shape index (κ1) is 53.4. The lowest BCUT2D eigenvalue weighted by molar-refractivity contribution is 0.0686. The molecular formula is C73H52N6O8S4. The molecule has 19 rings (SSSR count). The number of rotatable bonds is 10. The third-order valence-electron chi connectivity index (χ3n) is 20.1. The van der Waals surface area contributed by atoms with Crippen molar-refractivity contribution in [1.82, 2.24) is 17.5 Å². The number of carbonyl (C=O) groups is 2. The van der Waals surface area contributed by atoms with Crippen LogP contribution in [0.2, 0.25) is 0 Å². The Morgan fingerprint density at radius 3 is 1.27 bits per heavy atom. The van der Waals surface area contributed by atoms with Gasteiger partial charge >= 0.3 is 11.9 Å². The number of aromatic carboxylic acids is 2. The lowest BCUT2D eigenvalue weighted by atomic mass is 9.74. The Balaban J connectivity index is 0.803. The molecule has 91 heavy (non-hydrogen) atoms. The van der Waals surface area contributed by atoms with E-state index in [-0.39, 0.29) is 37.6 Å². The Bertz CT molecular complexity index is 4760. The summed E-state index contributed by atoms with van der Waals surface area (Å²) in [6.07, 6.45) is 7.05. The average molecular weight is 1270 g/mol. The fourth-order valence-electron chi connectivity index (χ4n) is 16.4. The molecule has 3 aliphatic carbocycles. The van der Waals surface area contributed by atoms with Crippen LogP contribution < -0.4 is 28.7 Å². The SMILES string of the molecule is O=C(O)c1ccc2c(c1)-c1cc(C(=O)O)ccc1C2(c1sc(-c2ccc(-c3ccc4c(c3)N(c3ccccc3)C3CCCC43)c3nsnc23)c2c1OCCO2)c1sc(-c2ccc(-c3ccc4c(c3)N(c3ccccc3)C3CCCC43)c3nsnc23)c2c1OCCO2. The number of thiophene rings is 2. The number of carboxylic acids is 2. The molecule has 0 radical (unpaired) electrons. The van der Waals surface area contributed by atoms with Gasteiger partial charge < -0.3 is 39.0 Å². The van der Waals surface area contributed by atoms with Gasteiger partial charge in [-0.2, -0.15) is 17.5 Å². The molecule has 8 aromatic carbocycles. The molecule has 4 aromatic heterocycles. The molecule has 2 fully saturated rings. The number of nitrogens with zero attached hydrogens (tertiary/aromatic N) is 6. The predicted molar refractivity (Wildman–Crippen MR) is 357 cm³/mol. The fraction of sp³-hybridized carbons (Fsp3) is 0.205. The van der Waals surface area contributed by atoms with Crippen molar-refractivity contribution in [3.63, 3.8) is 0 Å². The summed E-state index contributed by atoms with van der Waals surface area (Å²) in [4.78, 5) is 34.2. The first-order valence-corrected chi connectivity index (χ1v) is 34.0. The van der Waals surface area contributed by atoms with Crippen molar-refractivity contribution in [2.45, 2.75) is 67.9 Å². The van der Waals surface area contributed by atoms with Crippen LogP contribution in [0, 0.1) is 0 Å². The highest BCUT2D eigenvalue weighted by Gasteiger charge is 2.55. The zero-order chi connectivity index (χ0) is 60.4. The molecule has 8 heterocycles. The van der Waals surface area contributed by atoms with Crippen molar-refractivity contribution >= 4 is 103 Å². The second-order valence-electron chi connectivity index (χ2n) is 24.5. The molecule has 0 spiro atoms. The Kier molecular flexibility index (Phi) is 11.9. The summed E-state index contributed by atoms with van der Waals surface area (Å²) in [7, 11) is 0. The molecule has 0 saturated heterocycles. The van der Waals surface area contributed by atoms with E-state index in [9.17, 15) is 19.8 Å². The van der Waals surface area contributed by atoms with E-state index in [0.29, 0.717) is 69.2 Å². The molecule has 0 amide bonds. The van der Waals surface area contributed by atoms with E-state index < -0.39 is 17.4 Å². The second kappa shape index (κ2) is 20.3. The van der Waals surface area contributed by atoms with Crippen molar-refractivity contribution < 1.29 is 38.7 Å². The molecule has 12 aromatic rings. The van der Waals surface area contributed by atoms with Crippen LogP contribution in [0.1, 0.15) is 103 Å². The van der Waals surface area contributed by atoms with Gasteiger partial charge in [0.15, 0.2) is 23.0 Å². The van der Waals surface area contributed by atoms with E-state index in [0.717, 1.165) is 87.8 Å². The molecule has 4 atom stereocenters. The summed E-state index contributed by atoms with van der Waals surface area (Å²) in [5.74, 6) is 0.848. The van der Waals surface area contributed by atoms with Gasteiger partial charge in [-0.15, -0.1) is 22.7 Å². The van der Waals surface area contributed by atoms with Crippen LogP contribution in [0.4, 0.5) is 22.7 Å². The van der Waals surface area contributed by atoms with Crippen molar-refractivity contribution in [3.05, 3.63) is 201 Å². The quantitative estimate of drug-likeness (QED) is 0.133. The minimum Gasteiger partial charge on any atom is -0.485 e. The highest BCUT2D eigenvalue weighted by atomic mass is 32.1. The number of para-hydroxylation sites is 2. The number of anilines is 4. The second-order valence-corrected chi connectivity index (χ2v) is 27.6. The maximum absolute atomic E-state index is 13.0. The Morgan fingerprint density at radius 1 is 0.440 bits per heavy atom. The fourth-order valence-corrected chi connectivity index (χ4v) is 20.5. The largest absolute Gasteiger partial charge is 0.485 e. The number of fused-ring (bicyclic) bond motifs is 13. The minimum absolute atomic E-state index is 0.0539. The summed E-state index contributed by atoms with van der Waals surface area (Å²) in [6, 6.07) is 54.9. The number of aromatic nitrogens is 4. The van der Waals surface area contributed by atoms with Gasteiger partial charge in [-0.05, 0) is 131 Å². The average Bonchev–Trinajstić information content (AvgIpc) is 1.52. The molecule has 14 nitrogen and oxygen atoms in total. The van der Waals surface area contributed by atoms with E-state index in [2.05, 4.69) is 131 Å². The van der Waals surface area contributed by atoms with Crippen LogP contribution in [0.15, 0.2) is 158 Å². The van der Waals surface area contributed by atoms with E-state index >= 15 is 0 Å². The van der Waals surface area contributed by atoms with Crippen LogP contribution in [0.5, 0.6) is 23.0 Å². The Labute approximate surface area is 537 Å². The first-order valence-electron chi connectivity index (χ1n) is 30.9. The Morgan fingerprint density at radius 2 is 0.846 bits per heavy atom. The van der Waals surface area contributed by atoms with Gasteiger partial charge in [-0.25, -0.2) is 9.59 Å². The molecule has 2 N–H and O–H groups in total. The lowest BCUT2D eigenvalue weighted by Crippen LogP contribution is -2.29. The number of benzene rings is 8. The van der Waals surface area contributed by atoms with Crippen molar-refractivity contribution in [2.24, 2.45) is 0 Å². The van der Waals surface area contributed by atoms with Crippen LogP contribution in [0.3, 0.4) is 0 Å². The minimum atomic E-state index is -1.35. The van der Waals surface area contributed by atoms with Gasteiger partial charge in [0.2, 0.25) is 0 Å². The number of hydrogen-bond donors (Lipinski definition) is 2. The van der Waals surface area contributed by atoms with Gasteiger partial charge in [-0.1, -0.05) is 110 Å². The smallest absolute Gasteiger partial charge is 0.335 e. The maximum atomic E-state index is 13.0. The third kappa shape index (κ3) is 7.67. The summed E-state index contributed by atoms with van der Waals surface area (Å²) in [5.41, 5.74) is 17.6. The van der Waals surface area contributed by atoms with Gasteiger partial charge in [0.05, 0.1) is 59.5 Å². The molecule has 4 aliphatic heterocycles. The molecular weight excluding hydrogens is 1220 g/mol. The summed E-state index contributed by atoms with van der Waals surface area (Å²) in [6.45, 7) is 1.07. The molecule has 2 saturated carbocycles.